The van der Waals surface area contributed by atoms with Crippen LogP contribution in [0, 0.1) is 0 Å². The standard InChI is InChI=1S/C13H20N2O2S/c1-10(12-4-3-9-18-12)14-5-7-15(8-6-14)11(2)13(16)17/h3-4,9-11H,5-8H2,1-2H3,(H,16,17). The van der Waals surface area contributed by atoms with E-state index in [9.17, 15) is 4.79 Å². The normalized spacial score (nSPS) is 21.7. The van der Waals surface area contributed by atoms with Crippen molar-refractivity contribution in [2.75, 3.05) is 26.2 Å². The van der Waals surface area contributed by atoms with Crippen molar-refractivity contribution in [3.8, 4) is 0 Å². The average molecular weight is 268 g/mol. The van der Waals surface area contributed by atoms with E-state index in [1.54, 1.807) is 18.3 Å². The van der Waals surface area contributed by atoms with Crippen molar-refractivity contribution in [1.29, 1.82) is 0 Å². The van der Waals surface area contributed by atoms with Gasteiger partial charge < -0.3 is 5.11 Å². The molecule has 1 aromatic heterocycles. The number of carboxylic acid groups (broad SMARTS) is 1. The van der Waals surface area contributed by atoms with Crippen LogP contribution in [0.4, 0.5) is 0 Å². The predicted octanol–water partition coefficient (Wildman–Crippen LogP) is 1.90. The molecule has 1 aromatic rings. The lowest BCUT2D eigenvalue weighted by Crippen LogP contribution is -2.52. The Bertz CT molecular complexity index is 386. The maximum atomic E-state index is 10.9. The maximum Gasteiger partial charge on any atom is 0.320 e. The van der Waals surface area contributed by atoms with Crippen LogP contribution in [0.1, 0.15) is 24.8 Å². The van der Waals surface area contributed by atoms with Gasteiger partial charge in [-0.05, 0) is 25.3 Å². The molecule has 2 unspecified atom stereocenters. The van der Waals surface area contributed by atoms with Gasteiger partial charge in [-0.2, -0.15) is 0 Å². The van der Waals surface area contributed by atoms with Gasteiger partial charge in [0.25, 0.3) is 0 Å². The molecule has 0 spiro atoms. The molecule has 0 aromatic carbocycles. The van der Waals surface area contributed by atoms with Crippen LogP contribution in [0.3, 0.4) is 0 Å². The highest BCUT2D eigenvalue weighted by atomic mass is 32.1. The van der Waals surface area contributed by atoms with Crippen molar-refractivity contribution >= 4 is 17.3 Å². The molecule has 100 valence electrons. The van der Waals surface area contributed by atoms with Gasteiger partial charge in [-0.3, -0.25) is 14.6 Å². The fourth-order valence-corrected chi connectivity index (χ4v) is 3.19. The number of thiophene rings is 1. The maximum absolute atomic E-state index is 10.9. The van der Waals surface area contributed by atoms with E-state index >= 15 is 0 Å². The number of nitrogens with zero attached hydrogens (tertiary/aromatic N) is 2. The van der Waals surface area contributed by atoms with Gasteiger partial charge in [-0.15, -0.1) is 11.3 Å². The molecule has 2 rings (SSSR count). The number of carboxylic acids is 1. The van der Waals surface area contributed by atoms with Crippen LogP contribution >= 0.6 is 11.3 Å². The lowest BCUT2D eigenvalue weighted by atomic mass is 10.1. The minimum Gasteiger partial charge on any atom is -0.480 e. The fraction of sp³-hybridized carbons (Fsp3) is 0.615. The minimum absolute atomic E-state index is 0.371. The van der Waals surface area contributed by atoms with Crippen LogP contribution in [0.25, 0.3) is 0 Å². The molecule has 1 N–H and O–H groups in total. The Morgan fingerprint density at radius 2 is 1.89 bits per heavy atom. The molecule has 0 amide bonds. The Morgan fingerprint density at radius 3 is 2.39 bits per heavy atom. The van der Waals surface area contributed by atoms with Crippen LogP contribution < -0.4 is 0 Å². The predicted molar refractivity (Wildman–Crippen MR) is 73.0 cm³/mol. The van der Waals surface area contributed by atoms with Gasteiger partial charge in [0.2, 0.25) is 0 Å². The summed E-state index contributed by atoms with van der Waals surface area (Å²) < 4.78 is 0. The van der Waals surface area contributed by atoms with Crippen LogP contribution in [0.2, 0.25) is 0 Å². The van der Waals surface area contributed by atoms with E-state index in [4.69, 9.17) is 5.11 Å². The van der Waals surface area contributed by atoms with Crippen molar-refractivity contribution in [3.05, 3.63) is 22.4 Å². The number of rotatable bonds is 4. The second kappa shape index (κ2) is 5.82. The summed E-state index contributed by atoms with van der Waals surface area (Å²) in [7, 11) is 0. The van der Waals surface area contributed by atoms with Crippen LogP contribution in [0.5, 0.6) is 0 Å². The van der Waals surface area contributed by atoms with Crippen LogP contribution in [-0.4, -0.2) is 53.1 Å². The number of piperazine rings is 1. The van der Waals surface area contributed by atoms with E-state index in [1.165, 1.54) is 4.88 Å². The van der Waals surface area contributed by atoms with Gasteiger partial charge in [0.15, 0.2) is 0 Å². The third-order valence-corrected chi connectivity index (χ3v) is 4.80. The lowest BCUT2D eigenvalue weighted by molar-refractivity contribution is -0.143. The summed E-state index contributed by atoms with van der Waals surface area (Å²) in [6.45, 7) is 7.54. The summed E-state index contributed by atoms with van der Waals surface area (Å²) in [5, 5.41) is 11.1. The SMILES string of the molecule is CC(C(=O)O)N1CCN(C(C)c2cccs2)CC1. The van der Waals surface area contributed by atoms with Crippen molar-refractivity contribution < 1.29 is 9.90 Å². The number of carbonyl (C=O) groups is 1. The summed E-state index contributed by atoms with van der Waals surface area (Å²) in [5.41, 5.74) is 0. The quantitative estimate of drug-likeness (QED) is 0.906. The third-order valence-electron chi connectivity index (χ3n) is 3.76. The Hall–Kier alpha value is -0.910. The second-order valence-electron chi connectivity index (χ2n) is 4.78. The Balaban J connectivity index is 1.89. The van der Waals surface area contributed by atoms with Gasteiger partial charge in [-0.25, -0.2) is 0 Å². The molecule has 1 aliphatic rings. The molecule has 0 aliphatic carbocycles. The molecule has 0 radical (unpaired) electrons. The summed E-state index contributed by atoms with van der Waals surface area (Å²) in [6, 6.07) is 4.32. The van der Waals surface area contributed by atoms with E-state index < -0.39 is 5.97 Å². The Labute approximate surface area is 112 Å². The Kier molecular flexibility index (Phi) is 4.37. The van der Waals surface area contributed by atoms with Gasteiger partial charge in [0.05, 0.1) is 0 Å². The first kappa shape index (κ1) is 13.5. The summed E-state index contributed by atoms with van der Waals surface area (Å²) in [4.78, 5) is 16.8. The highest BCUT2D eigenvalue weighted by molar-refractivity contribution is 7.10. The van der Waals surface area contributed by atoms with Crippen LogP contribution in [0.15, 0.2) is 17.5 Å². The molecule has 18 heavy (non-hydrogen) atoms. The average Bonchev–Trinajstić information content (AvgIpc) is 2.91. The topological polar surface area (TPSA) is 43.8 Å². The molecule has 2 atom stereocenters. The highest BCUT2D eigenvalue weighted by Gasteiger charge is 2.27. The third kappa shape index (κ3) is 2.91. The summed E-state index contributed by atoms with van der Waals surface area (Å²) in [5.74, 6) is -0.727. The molecule has 4 nitrogen and oxygen atoms in total. The second-order valence-corrected chi connectivity index (χ2v) is 5.76. The molecule has 1 aliphatic heterocycles. The molecular weight excluding hydrogens is 248 g/mol. The van der Waals surface area contributed by atoms with E-state index in [2.05, 4.69) is 29.3 Å². The molecule has 2 heterocycles. The first-order valence-corrected chi connectivity index (χ1v) is 7.22. The molecule has 0 bridgehead atoms. The van der Waals surface area contributed by atoms with Gasteiger partial charge in [0.1, 0.15) is 6.04 Å². The van der Waals surface area contributed by atoms with Gasteiger partial charge in [0, 0.05) is 37.1 Å². The molecule has 1 fully saturated rings. The van der Waals surface area contributed by atoms with E-state index in [0.29, 0.717) is 6.04 Å². The van der Waals surface area contributed by atoms with Gasteiger partial charge >= 0.3 is 5.97 Å². The van der Waals surface area contributed by atoms with E-state index in [1.807, 2.05) is 4.90 Å². The molecule has 5 heteroatoms. The Morgan fingerprint density at radius 1 is 1.28 bits per heavy atom. The van der Waals surface area contributed by atoms with Crippen LogP contribution in [-0.2, 0) is 4.79 Å². The zero-order chi connectivity index (χ0) is 13.1. The fourth-order valence-electron chi connectivity index (χ4n) is 2.38. The van der Waals surface area contributed by atoms with Crippen molar-refractivity contribution in [1.82, 2.24) is 9.80 Å². The number of hydrogen-bond acceptors (Lipinski definition) is 4. The summed E-state index contributed by atoms with van der Waals surface area (Å²) in [6.07, 6.45) is 0. The van der Waals surface area contributed by atoms with E-state index in [0.717, 1.165) is 26.2 Å². The number of aliphatic carboxylic acids is 1. The zero-order valence-electron chi connectivity index (χ0n) is 10.9. The van der Waals surface area contributed by atoms with Crippen molar-refractivity contribution in [2.24, 2.45) is 0 Å². The highest BCUT2D eigenvalue weighted by Crippen LogP contribution is 2.25. The molecule has 1 saturated heterocycles. The number of hydrogen-bond donors (Lipinski definition) is 1. The minimum atomic E-state index is -0.727. The summed E-state index contributed by atoms with van der Waals surface area (Å²) >= 11 is 1.79. The molecular formula is C13H20N2O2S. The zero-order valence-corrected chi connectivity index (χ0v) is 11.7. The van der Waals surface area contributed by atoms with Gasteiger partial charge in [-0.1, -0.05) is 6.07 Å². The smallest absolute Gasteiger partial charge is 0.320 e. The van der Waals surface area contributed by atoms with E-state index in [-0.39, 0.29) is 6.04 Å². The monoisotopic (exact) mass is 268 g/mol. The first-order chi connectivity index (χ1) is 8.59. The van der Waals surface area contributed by atoms with Crippen molar-refractivity contribution in [3.63, 3.8) is 0 Å². The first-order valence-electron chi connectivity index (χ1n) is 6.34. The molecule has 0 saturated carbocycles. The lowest BCUT2D eigenvalue weighted by Gasteiger charge is -2.39. The van der Waals surface area contributed by atoms with Crippen molar-refractivity contribution in [2.45, 2.75) is 25.9 Å². The largest absolute Gasteiger partial charge is 0.480 e.